The second kappa shape index (κ2) is 5.41. The number of hydrogen-bond donors (Lipinski definition) is 1. The quantitative estimate of drug-likeness (QED) is 0.323. The number of nitrogens with one attached hydrogen (secondary N) is 1. The molecule has 1 fully saturated rings. The average molecular weight is 225 g/mol. The second-order valence-electron chi connectivity index (χ2n) is 4.79. The number of nitrogens with zero attached hydrogens (tertiary/aromatic N) is 2. The maximum absolute atomic E-state index is 8.54. The maximum Gasteiger partial charge on any atom is 0.183 e. The molecule has 3 nitrogen and oxygen atoms in total. The van der Waals surface area contributed by atoms with Crippen molar-refractivity contribution in [1.29, 1.82) is 5.26 Å². The van der Waals surface area contributed by atoms with Gasteiger partial charge in [0, 0.05) is 0 Å². The van der Waals surface area contributed by atoms with Crippen LogP contribution in [-0.4, -0.2) is 17.5 Å². The first-order valence-corrected chi connectivity index (χ1v) is 6.57. The Kier molecular flexibility index (Phi) is 4.46. The Morgan fingerprint density at radius 2 is 2.33 bits per heavy atom. The van der Waals surface area contributed by atoms with E-state index in [9.17, 15) is 0 Å². The summed E-state index contributed by atoms with van der Waals surface area (Å²) in [5, 5.41) is 11.9. The van der Waals surface area contributed by atoms with E-state index in [4.69, 9.17) is 5.26 Å². The molecule has 0 saturated heterocycles. The fourth-order valence-electron chi connectivity index (χ4n) is 2.12. The maximum atomic E-state index is 8.54. The molecule has 0 heterocycles. The summed E-state index contributed by atoms with van der Waals surface area (Å²) in [6, 6.07) is 0.386. The van der Waals surface area contributed by atoms with Crippen LogP contribution in [0.25, 0.3) is 0 Å². The Morgan fingerprint density at radius 3 is 2.87 bits per heavy atom. The SMILES string of the molecule is CSC(=NC1CCCC(C)(C)C1)NC#N. The topological polar surface area (TPSA) is 48.2 Å². The van der Waals surface area contributed by atoms with Gasteiger partial charge in [-0.05, 0) is 30.9 Å². The third kappa shape index (κ3) is 4.13. The lowest BCUT2D eigenvalue weighted by Crippen LogP contribution is -2.27. The number of thioether (sulfide) groups is 1. The van der Waals surface area contributed by atoms with Crippen molar-refractivity contribution < 1.29 is 0 Å². The van der Waals surface area contributed by atoms with Gasteiger partial charge in [0.15, 0.2) is 11.4 Å². The lowest BCUT2D eigenvalue weighted by atomic mass is 9.75. The van der Waals surface area contributed by atoms with E-state index in [1.807, 2.05) is 12.4 Å². The van der Waals surface area contributed by atoms with E-state index in [0.717, 1.165) is 18.0 Å². The minimum Gasteiger partial charge on any atom is -0.272 e. The van der Waals surface area contributed by atoms with Gasteiger partial charge in [-0.15, -0.1) is 0 Å². The third-order valence-corrected chi connectivity index (χ3v) is 3.43. The van der Waals surface area contributed by atoms with Gasteiger partial charge in [0.25, 0.3) is 0 Å². The van der Waals surface area contributed by atoms with Crippen LogP contribution >= 0.6 is 11.8 Å². The normalized spacial score (nSPS) is 25.7. The molecule has 0 aromatic heterocycles. The summed E-state index contributed by atoms with van der Waals surface area (Å²) in [5.41, 5.74) is 0.405. The predicted molar refractivity (Wildman–Crippen MR) is 65.7 cm³/mol. The van der Waals surface area contributed by atoms with E-state index >= 15 is 0 Å². The number of aliphatic imine (C=N–C) groups is 1. The standard InChI is InChI=1S/C11H19N3S/c1-11(2)6-4-5-9(7-11)14-10(15-3)13-8-12/h9H,4-7H2,1-3H3,(H,13,14). The van der Waals surface area contributed by atoms with Crippen LogP contribution in [0.15, 0.2) is 4.99 Å². The highest BCUT2D eigenvalue weighted by Crippen LogP contribution is 2.36. The van der Waals surface area contributed by atoms with Crippen molar-refractivity contribution in [3.8, 4) is 6.19 Å². The highest BCUT2D eigenvalue weighted by Gasteiger charge is 2.27. The summed E-state index contributed by atoms with van der Waals surface area (Å²) < 4.78 is 0. The molecule has 0 aliphatic heterocycles. The van der Waals surface area contributed by atoms with Crippen molar-refractivity contribution in [3.05, 3.63) is 0 Å². The molecule has 4 heteroatoms. The third-order valence-electron chi connectivity index (χ3n) is 2.84. The molecule has 1 atom stereocenters. The first-order valence-electron chi connectivity index (χ1n) is 5.34. The molecule has 0 amide bonds. The van der Waals surface area contributed by atoms with Crippen molar-refractivity contribution in [1.82, 2.24) is 5.32 Å². The smallest absolute Gasteiger partial charge is 0.183 e. The molecule has 0 aromatic rings. The van der Waals surface area contributed by atoms with Crippen LogP contribution in [0.4, 0.5) is 0 Å². The Hall–Kier alpha value is -0.690. The molecule has 1 saturated carbocycles. The molecule has 84 valence electrons. The fourth-order valence-corrected chi connectivity index (χ4v) is 2.52. The van der Waals surface area contributed by atoms with Crippen molar-refractivity contribution in [2.45, 2.75) is 45.6 Å². The summed E-state index contributed by atoms with van der Waals surface area (Å²) in [6.07, 6.45) is 8.69. The summed E-state index contributed by atoms with van der Waals surface area (Å²) in [5.74, 6) is 0. The predicted octanol–water partition coefficient (Wildman–Crippen LogP) is 2.74. The zero-order chi connectivity index (χ0) is 11.3. The largest absolute Gasteiger partial charge is 0.272 e. The van der Waals surface area contributed by atoms with Gasteiger partial charge in [-0.25, -0.2) is 0 Å². The number of amidine groups is 1. The molecule has 0 radical (unpaired) electrons. The van der Waals surface area contributed by atoms with Gasteiger partial charge in [0.2, 0.25) is 0 Å². The molecule has 15 heavy (non-hydrogen) atoms. The van der Waals surface area contributed by atoms with Gasteiger partial charge < -0.3 is 0 Å². The van der Waals surface area contributed by atoms with Crippen molar-refractivity contribution in [2.24, 2.45) is 10.4 Å². The van der Waals surface area contributed by atoms with E-state index in [2.05, 4.69) is 24.2 Å². The summed E-state index contributed by atoms with van der Waals surface area (Å²) in [4.78, 5) is 4.59. The van der Waals surface area contributed by atoms with Crippen LogP contribution in [0, 0.1) is 16.9 Å². The van der Waals surface area contributed by atoms with Crippen LogP contribution in [-0.2, 0) is 0 Å². The van der Waals surface area contributed by atoms with Crippen LogP contribution in [0.1, 0.15) is 39.5 Å². The molecule has 1 aliphatic rings. The Bertz CT molecular complexity index is 278. The van der Waals surface area contributed by atoms with Crippen molar-refractivity contribution in [3.63, 3.8) is 0 Å². The highest BCUT2D eigenvalue weighted by molar-refractivity contribution is 8.13. The zero-order valence-corrected chi connectivity index (χ0v) is 10.5. The zero-order valence-electron chi connectivity index (χ0n) is 9.71. The van der Waals surface area contributed by atoms with E-state index in [0.29, 0.717) is 11.5 Å². The highest BCUT2D eigenvalue weighted by atomic mass is 32.2. The van der Waals surface area contributed by atoms with E-state index < -0.39 is 0 Å². The minimum atomic E-state index is 0.386. The molecule has 0 aromatic carbocycles. The number of hydrogen-bond acceptors (Lipinski definition) is 3. The van der Waals surface area contributed by atoms with Gasteiger partial charge in [-0.1, -0.05) is 32.0 Å². The lowest BCUT2D eigenvalue weighted by molar-refractivity contribution is 0.222. The molecule has 1 rings (SSSR count). The monoisotopic (exact) mass is 225 g/mol. The van der Waals surface area contributed by atoms with Gasteiger partial charge in [0.05, 0.1) is 6.04 Å². The summed E-state index contributed by atoms with van der Waals surface area (Å²) >= 11 is 1.50. The van der Waals surface area contributed by atoms with Gasteiger partial charge in [0.1, 0.15) is 0 Å². The molecule has 1 unspecified atom stereocenters. The molecule has 0 spiro atoms. The van der Waals surface area contributed by atoms with Crippen LogP contribution in [0.2, 0.25) is 0 Å². The van der Waals surface area contributed by atoms with Gasteiger partial charge in [-0.2, -0.15) is 5.26 Å². The molecule has 0 bridgehead atoms. The number of rotatable bonds is 1. The lowest BCUT2D eigenvalue weighted by Gasteiger charge is -2.33. The van der Waals surface area contributed by atoms with Crippen LogP contribution in [0.5, 0.6) is 0 Å². The molecule has 1 aliphatic carbocycles. The van der Waals surface area contributed by atoms with Crippen molar-refractivity contribution >= 4 is 16.9 Å². The van der Waals surface area contributed by atoms with E-state index in [-0.39, 0.29) is 0 Å². The van der Waals surface area contributed by atoms with Gasteiger partial charge in [-0.3, -0.25) is 10.3 Å². The Labute approximate surface area is 96.3 Å². The number of nitriles is 1. The van der Waals surface area contributed by atoms with Gasteiger partial charge >= 0.3 is 0 Å². The van der Waals surface area contributed by atoms with E-state index in [1.54, 1.807) is 0 Å². The average Bonchev–Trinajstić information content (AvgIpc) is 2.15. The Morgan fingerprint density at radius 1 is 1.60 bits per heavy atom. The second-order valence-corrected chi connectivity index (χ2v) is 5.58. The first-order chi connectivity index (χ1) is 7.07. The Balaban J connectivity index is 2.60. The van der Waals surface area contributed by atoms with Crippen LogP contribution in [0.3, 0.4) is 0 Å². The van der Waals surface area contributed by atoms with Crippen LogP contribution < -0.4 is 5.32 Å². The molecular weight excluding hydrogens is 206 g/mol. The fraction of sp³-hybridized carbons (Fsp3) is 0.818. The summed E-state index contributed by atoms with van der Waals surface area (Å²) in [7, 11) is 0. The summed E-state index contributed by atoms with van der Waals surface area (Å²) in [6.45, 7) is 4.59. The molecule has 1 N–H and O–H groups in total. The van der Waals surface area contributed by atoms with E-state index in [1.165, 1.54) is 24.6 Å². The minimum absolute atomic E-state index is 0.386. The first kappa shape index (κ1) is 12.4. The molecular formula is C11H19N3S. The van der Waals surface area contributed by atoms with Crippen molar-refractivity contribution in [2.75, 3.05) is 6.26 Å².